The number of Topliss-reactive ketones (excluding diaryl/α,β-unsaturated/α-hetero) is 1. The molecule has 10 heteroatoms. The number of nitrogens with two attached hydrogens (primary N) is 1. The van der Waals surface area contributed by atoms with E-state index >= 15 is 0 Å². The number of fused-ring (bicyclic) bond motifs is 2. The van der Waals surface area contributed by atoms with Crippen molar-refractivity contribution in [2.24, 2.45) is 5.73 Å². The van der Waals surface area contributed by atoms with E-state index < -0.39 is 46.1 Å². The van der Waals surface area contributed by atoms with Gasteiger partial charge in [-0.2, -0.15) is 18.4 Å². The van der Waals surface area contributed by atoms with Crippen molar-refractivity contribution in [2.75, 3.05) is 5.32 Å². The minimum atomic E-state index is -5.17. The third-order valence-corrected chi connectivity index (χ3v) is 5.54. The van der Waals surface area contributed by atoms with Crippen molar-refractivity contribution >= 4 is 33.3 Å². The molecule has 156 valence electrons. The molecule has 2 heterocycles. The van der Waals surface area contributed by atoms with Gasteiger partial charge in [-0.05, 0) is 18.2 Å². The largest absolute Gasteiger partial charge is 0.450 e. The van der Waals surface area contributed by atoms with Gasteiger partial charge in [0.05, 0.1) is 5.57 Å². The van der Waals surface area contributed by atoms with Crippen LogP contribution >= 0.6 is 15.9 Å². The maximum atomic E-state index is 14.1. The lowest BCUT2D eigenvalue weighted by Crippen LogP contribution is -2.47. The van der Waals surface area contributed by atoms with Gasteiger partial charge in [-0.1, -0.05) is 46.3 Å². The zero-order valence-electron chi connectivity index (χ0n) is 15.4. The normalized spacial score (nSPS) is 20.3. The molecular weight excluding hydrogens is 479 g/mol. The van der Waals surface area contributed by atoms with Gasteiger partial charge in [-0.15, -0.1) is 0 Å². The fraction of sp³-hybridized carbons (Fsp3) is 0.0952. The number of halogens is 4. The summed E-state index contributed by atoms with van der Waals surface area (Å²) in [6.45, 7) is 0. The number of rotatable bonds is 2. The second kappa shape index (κ2) is 6.99. The van der Waals surface area contributed by atoms with Gasteiger partial charge in [0.15, 0.2) is 5.78 Å². The molecule has 0 fully saturated rings. The Bertz CT molecular complexity index is 1250. The van der Waals surface area contributed by atoms with Crippen LogP contribution in [0.3, 0.4) is 0 Å². The molecule has 0 aliphatic carbocycles. The number of amides is 1. The fourth-order valence-corrected chi connectivity index (χ4v) is 4.17. The van der Waals surface area contributed by atoms with Gasteiger partial charge in [0.2, 0.25) is 17.5 Å². The number of nitriles is 1. The molecule has 1 unspecified atom stereocenters. The van der Waals surface area contributed by atoms with Crippen LogP contribution in [0.15, 0.2) is 75.8 Å². The first-order chi connectivity index (χ1) is 14.6. The highest BCUT2D eigenvalue weighted by Crippen LogP contribution is 2.54. The van der Waals surface area contributed by atoms with Gasteiger partial charge in [0, 0.05) is 21.3 Å². The molecule has 3 N–H and O–H groups in total. The van der Waals surface area contributed by atoms with Crippen molar-refractivity contribution in [2.45, 2.75) is 11.6 Å². The van der Waals surface area contributed by atoms with Gasteiger partial charge < -0.3 is 15.8 Å². The van der Waals surface area contributed by atoms with Crippen LogP contribution in [-0.2, 0) is 14.9 Å². The van der Waals surface area contributed by atoms with Crippen LogP contribution in [0.1, 0.15) is 15.9 Å². The van der Waals surface area contributed by atoms with Gasteiger partial charge in [0.1, 0.15) is 17.1 Å². The summed E-state index contributed by atoms with van der Waals surface area (Å²) < 4.78 is 47.3. The lowest BCUT2D eigenvalue weighted by Gasteiger charge is -2.35. The number of nitrogens with one attached hydrogen (secondary N) is 1. The highest BCUT2D eigenvalue weighted by Gasteiger charge is 2.62. The number of carbonyl (C=O) groups excluding carboxylic acids is 2. The zero-order chi connectivity index (χ0) is 22.6. The van der Waals surface area contributed by atoms with Crippen molar-refractivity contribution in [3.63, 3.8) is 0 Å². The summed E-state index contributed by atoms with van der Waals surface area (Å²) in [5, 5.41) is 12.3. The second-order valence-corrected chi connectivity index (χ2v) is 7.66. The van der Waals surface area contributed by atoms with Crippen molar-refractivity contribution in [1.29, 1.82) is 5.26 Å². The number of ketones is 1. The summed E-state index contributed by atoms with van der Waals surface area (Å²) in [5.41, 5.74) is 1.64. The number of alkyl halides is 3. The predicted molar refractivity (Wildman–Crippen MR) is 106 cm³/mol. The Kier molecular flexibility index (Phi) is 4.66. The number of anilines is 1. The van der Waals surface area contributed by atoms with Crippen LogP contribution < -0.4 is 11.1 Å². The lowest BCUT2D eigenvalue weighted by atomic mass is 9.66. The molecule has 0 saturated carbocycles. The van der Waals surface area contributed by atoms with Crippen LogP contribution in [0.4, 0.5) is 18.9 Å². The Morgan fingerprint density at radius 2 is 1.87 bits per heavy atom. The van der Waals surface area contributed by atoms with E-state index in [0.29, 0.717) is 4.47 Å². The molecule has 2 aromatic carbocycles. The molecule has 1 amide bonds. The molecule has 31 heavy (non-hydrogen) atoms. The van der Waals surface area contributed by atoms with Crippen LogP contribution in [0.25, 0.3) is 0 Å². The number of hydrogen-bond donors (Lipinski definition) is 2. The molecule has 0 saturated heterocycles. The zero-order valence-corrected chi connectivity index (χ0v) is 17.0. The Balaban J connectivity index is 2.16. The quantitative estimate of drug-likeness (QED) is 0.618. The number of carbonyl (C=O) groups is 2. The Morgan fingerprint density at radius 3 is 2.48 bits per heavy atom. The van der Waals surface area contributed by atoms with E-state index in [9.17, 15) is 28.0 Å². The van der Waals surface area contributed by atoms with Crippen molar-refractivity contribution in [3.05, 3.63) is 86.9 Å². The molecular formula is C21H11BrF3N3O3. The highest BCUT2D eigenvalue weighted by molar-refractivity contribution is 9.10. The smallest absolute Gasteiger partial charge is 0.435 e. The average Bonchev–Trinajstić information content (AvgIpc) is 2.99. The summed E-state index contributed by atoms with van der Waals surface area (Å²) in [6, 6.07) is 13.2. The van der Waals surface area contributed by atoms with Gasteiger partial charge in [0.25, 0.3) is 0 Å². The highest BCUT2D eigenvalue weighted by atomic mass is 79.9. The number of allylic oxidation sites excluding steroid dienone is 1. The average molecular weight is 490 g/mol. The topological polar surface area (TPSA) is 105 Å². The molecule has 4 rings (SSSR count). The fourth-order valence-electron chi connectivity index (χ4n) is 3.81. The van der Waals surface area contributed by atoms with Crippen molar-refractivity contribution in [3.8, 4) is 6.07 Å². The number of ether oxygens (including phenoxy) is 1. The maximum absolute atomic E-state index is 14.1. The molecule has 2 aliphatic rings. The molecule has 0 bridgehead atoms. The molecule has 2 aromatic rings. The SMILES string of the molecule is N#CC1=C(N)OC(C(F)(F)F)=C(C(=O)c2ccccc2)C12C(=O)Nc1ccc(Br)cc12. The van der Waals surface area contributed by atoms with E-state index in [2.05, 4.69) is 21.2 Å². The van der Waals surface area contributed by atoms with E-state index in [0.717, 1.165) is 0 Å². The van der Waals surface area contributed by atoms with Crippen LogP contribution in [0, 0.1) is 11.3 Å². The van der Waals surface area contributed by atoms with E-state index in [1.165, 1.54) is 36.4 Å². The number of benzene rings is 2. The van der Waals surface area contributed by atoms with Crippen molar-refractivity contribution < 1.29 is 27.5 Å². The van der Waals surface area contributed by atoms with Crippen LogP contribution in [0.5, 0.6) is 0 Å². The van der Waals surface area contributed by atoms with Gasteiger partial charge in [-0.25, -0.2) is 0 Å². The standard InChI is InChI=1S/C21H11BrF3N3O3/c22-11-6-7-14-12(8-11)20(19(30)28-14)13(9-26)18(27)31-17(21(23,24)25)15(20)16(29)10-4-2-1-3-5-10/h1-8H,27H2,(H,28,30). The number of nitrogens with zero attached hydrogens (tertiary/aromatic N) is 1. The monoisotopic (exact) mass is 489 g/mol. The third kappa shape index (κ3) is 2.92. The first kappa shape index (κ1) is 20.7. The molecule has 1 spiro atoms. The van der Waals surface area contributed by atoms with E-state index in [1.807, 2.05) is 0 Å². The second-order valence-electron chi connectivity index (χ2n) is 6.74. The first-order valence-electron chi connectivity index (χ1n) is 8.73. The molecule has 2 aliphatic heterocycles. The predicted octanol–water partition coefficient (Wildman–Crippen LogP) is 4.06. The summed E-state index contributed by atoms with van der Waals surface area (Å²) >= 11 is 3.22. The number of hydrogen-bond acceptors (Lipinski definition) is 5. The lowest BCUT2D eigenvalue weighted by molar-refractivity contribution is -0.129. The van der Waals surface area contributed by atoms with Crippen molar-refractivity contribution in [1.82, 2.24) is 0 Å². The summed E-state index contributed by atoms with van der Waals surface area (Å²) in [4.78, 5) is 26.7. The first-order valence-corrected chi connectivity index (χ1v) is 9.53. The summed E-state index contributed by atoms with van der Waals surface area (Å²) in [7, 11) is 0. The molecule has 0 radical (unpaired) electrons. The van der Waals surface area contributed by atoms with Gasteiger partial charge >= 0.3 is 6.18 Å². The third-order valence-electron chi connectivity index (χ3n) is 5.04. The van der Waals surface area contributed by atoms with E-state index in [-0.39, 0.29) is 16.8 Å². The Labute approximate surface area is 181 Å². The van der Waals surface area contributed by atoms with E-state index in [1.54, 1.807) is 18.2 Å². The van der Waals surface area contributed by atoms with Crippen LogP contribution in [0.2, 0.25) is 0 Å². The van der Waals surface area contributed by atoms with Crippen LogP contribution in [-0.4, -0.2) is 17.9 Å². The summed E-state index contributed by atoms with van der Waals surface area (Å²) in [6.07, 6.45) is -5.17. The minimum Gasteiger partial charge on any atom is -0.435 e. The molecule has 0 aromatic heterocycles. The maximum Gasteiger partial charge on any atom is 0.450 e. The van der Waals surface area contributed by atoms with E-state index in [4.69, 9.17) is 10.5 Å². The molecule has 1 atom stereocenters. The minimum absolute atomic E-state index is 0.0179. The Hall–Kier alpha value is -3.58. The van der Waals surface area contributed by atoms with Gasteiger partial charge in [-0.3, -0.25) is 9.59 Å². The molecule has 6 nitrogen and oxygen atoms in total. The Morgan fingerprint density at radius 1 is 1.19 bits per heavy atom. The summed E-state index contributed by atoms with van der Waals surface area (Å²) in [5.74, 6) is -4.76.